The van der Waals surface area contributed by atoms with Gasteiger partial charge in [-0.05, 0) is 43.7 Å². The van der Waals surface area contributed by atoms with Crippen molar-refractivity contribution in [1.82, 2.24) is 0 Å². The van der Waals surface area contributed by atoms with Gasteiger partial charge in [0.05, 0.1) is 0 Å². The third-order valence-corrected chi connectivity index (χ3v) is 6.42. The van der Waals surface area contributed by atoms with Gasteiger partial charge in [-0.3, -0.25) is 4.72 Å². The molecule has 1 aromatic heterocycles. The third kappa shape index (κ3) is 3.22. The lowest BCUT2D eigenvalue weighted by Crippen LogP contribution is -2.13. The number of benzene rings is 1. The van der Waals surface area contributed by atoms with E-state index in [2.05, 4.69) is 20.7 Å². The average molecular weight is 375 g/mol. The molecule has 3 N–H and O–H groups in total. The van der Waals surface area contributed by atoms with Crippen molar-refractivity contribution in [3.63, 3.8) is 0 Å². The first-order valence-corrected chi connectivity index (χ1v) is 9.01. The molecule has 0 saturated carbocycles. The summed E-state index contributed by atoms with van der Waals surface area (Å²) >= 11 is 4.79. The lowest BCUT2D eigenvalue weighted by molar-refractivity contribution is 0.601. The molecule has 108 valence electrons. The molecule has 0 aliphatic carbocycles. The standard InChI is InChI=1S/C13H15BrN2O2S2/c1-8-5-10(3-4-12(8)14)16-20(17,18)13-6-11(7-15)19-9(13)2/h3-6,16H,7,15H2,1-2H3. The van der Waals surface area contributed by atoms with Crippen LogP contribution in [-0.2, 0) is 16.6 Å². The van der Waals surface area contributed by atoms with Crippen LogP contribution in [0.1, 0.15) is 15.3 Å². The van der Waals surface area contributed by atoms with Crippen molar-refractivity contribution < 1.29 is 8.42 Å². The Bertz CT molecular complexity index is 739. The van der Waals surface area contributed by atoms with Crippen molar-refractivity contribution >= 4 is 43.0 Å². The Morgan fingerprint density at radius 2 is 2.00 bits per heavy atom. The van der Waals surface area contributed by atoms with Crippen LogP contribution in [0.3, 0.4) is 0 Å². The van der Waals surface area contributed by atoms with Gasteiger partial charge in [0.2, 0.25) is 0 Å². The van der Waals surface area contributed by atoms with E-state index in [-0.39, 0.29) is 0 Å². The highest BCUT2D eigenvalue weighted by molar-refractivity contribution is 9.10. The predicted molar refractivity (Wildman–Crippen MR) is 86.6 cm³/mol. The minimum Gasteiger partial charge on any atom is -0.326 e. The van der Waals surface area contributed by atoms with Gasteiger partial charge in [-0.25, -0.2) is 8.42 Å². The molecule has 0 saturated heterocycles. The number of aryl methyl sites for hydroxylation is 2. The highest BCUT2D eigenvalue weighted by atomic mass is 79.9. The van der Waals surface area contributed by atoms with Crippen molar-refractivity contribution in [2.24, 2.45) is 5.73 Å². The number of nitrogens with two attached hydrogens (primary N) is 1. The van der Waals surface area contributed by atoms with Crippen LogP contribution in [-0.4, -0.2) is 8.42 Å². The van der Waals surface area contributed by atoms with Crippen LogP contribution in [0.2, 0.25) is 0 Å². The fourth-order valence-electron chi connectivity index (χ4n) is 1.81. The highest BCUT2D eigenvalue weighted by Gasteiger charge is 2.20. The van der Waals surface area contributed by atoms with Crippen LogP contribution in [0.4, 0.5) is 5.69 Å². The summed E-state index contributed by atoms with van der Waals surface area (Å²) in [5, 5.41) is 0. The number of nitrogens with one attached hydrogen (secondary N) is 1. The molecule has 0 aliphatic rings. The molecule has 0 unspecified atom stereocenters. The Labute approximate surface area is 131 Å². The molecular weight excluding hydrogens is 360 g/mol. The molecule has 2 aromatic rings. The van der Waals surface area contributed by atoms with E-state index < -0.39 is 10.0 Å². The number of sulfonamides is 1. The van der Waals surface area contributed by atoms with Crippen LogP contribution in [0.25, 0.3) is 0 Å². The number of halogens is 1. The van der Waals surface area contributed by atoms with E-state index in [9.17, 15) is 8.42 Å². The van der Waals surface area contributed by atoms with E-state index in [0.29, 0.717) is 17.1 Å². The number of rotatable bonds is 4. The molecule has 0 aliphatic heterocycles. The Morgan fingerprint density at radius 3 is 2.55 bits per heavy atom. The van der Waals surface area contributed by atoms with Gasteiger partial charge < -0.3 is 5.73 Å². The van der Waals surface area contributed by atoms with Crippen molar-refractivity contribution in [1.29, 1.82) is 0 Å². The molecule has 0 spiro atoms. The topological polar surface area (TPSA) is 72.2 Å². The molecule has 4 nitrogen and oxygen atoms in total. The molecule has 20 heavy (non-hydrogen) atoms. The summed E-state index contributed by atoms with van der Waals surface area (Å²) in [7, 11) is -3.57. The van der Waals surface area contributed by atoms with Gasteiger partial charge in [-0.1, -0.05) is 15.9 Å². The smallest absolute Gasteiger partial charge is 0.263 e. The van der Waals surface area contributed by atoms with Gasteiger partial charge in [0.25, 0.3) is 10.0 Å². The molecule has 0 bridgehead atoms. The minimum atomic E-state index is -3.57. The second-order valence-electron chi connectivity index (χ2n) is 4.41. The summed E-state index contributed by atoms with van der Waals surface area (Å²) in [5.41, 5.74) is 7.07. The second kappa shape index (κ2) is 5.85. The normalized spacial score (nSPS) is 11.6. The van der Waals surface area contributed by atoms with Crippen LogP contribution in [0, 0.1) is 13.8 Å². The largest absolute Gasteiger partial charge is 0.326 e. The summed E-state index contributed by atoms with van der Waals surface area (Å²) in [6, 6.07) is 6.96. The fourth-order valence-corrected chi connectivity index (χ4v) is 4.62. The maximum absolute atomic E-state index is 12.4. The SMILES string of the molecule is Cc1cc(NS(=O)(=O)c2cc(CN)sc2C)ccc1Br. The molecule has 0 radical (unpaired) electrons. The molecule has 1 aromatic carbocycles. The number of anilines is 1. The van der Waals surface area contributed by atoms with Crippen LogP contribution in [0.5, 0.6) is 0 Å². The first kappa shape index (κ1) is 15.5. The number of hydrogen-bond acceptors (Lipinski definition) is 4. The predicted octanol–water partition coefficient (Wildman–Crippen LogP) is 3.39. The summed E-state index contributed by atoms with van der Waals surface area (Å²) in [6.07, 6.45) is 0. The Hall–Kier alpha value is -0.890. The lowest BCUT2D eigenvalue weighted by Gasteiger charge is -2.09. The summed E-state index contributed by atoms with van der Waals surface area (Å²) in [6.45, 7) is 4.04. The molecule has 2 rings (SSSR count). The fraction of sp³-hybridized carbons (Fsp3) is 0.231. The molecule has 1 heterocycles. The van der Waals surface area contributed by atoms with Gasteiger partial charge in [-0.2, -0.15) is 0 Å². The van der Waals surface area contributed by atoms with E-state index >= 15 is 0 Å². The van der Waals surface area contributed by atoms with Gasteiger partial charge in [-0.15, -0.1) is 11.3 Å². The monoisotopic (exact) mass is 374 g/mol. The van der Waals surface area contributed by atoms with E-state index in [1.54, 1.807) is 25.1 Å². The minimum absolute atomic E-state index is 0.295. The molecule has 0 fully saturated rings. The highest BCUT2D eigenvalue weighted by Crippen LogP contribution is 2.28. The maximum Gasteiger partial charge on any atom is 0.263 e. The van der Waals surface area contributed by atoms with Crippen molar-refractivity contribution in [2.45, 2.75) is 25.3 Å². The quantitative estimate of drug-likeness (QED) is 0.861. The van der Waals surface area contributed by atoms with Crippen LogP contribution in [0.15, 0.2) is 33.6 Å². The van der Waals surface area contributed by atoms with Crippen LogP contribution >= 0.6 is 27.3 Å². The first-order valence-electron chi connectivity index (χ1n) is 5.92. The van der Waals surface area contributed by atoms with Crippen molar-refractivity contribution in [2.75, 3.05) is 4.72 Å². The lowest BCUT2D eigenvalue weighted by atomic mass is 10.2. The summed E-state index contributed by atoms with van der Waals surface area (Å²) < 4.78 is 28.3. The maximum atomic E-state index is 12.4. The zero-order valence-electron chi connectivity index (χ0n) is 11.1. The second-order valence-corrected chi connectivity index (χ2v) is 8.25. The third-order valence-electron chi connectivity index (χ3n) is 2.82. The van der Waals surface area contributed by atoms with E-state index in [4.69, 9.17) is 5.73 Å². The molecule has 0 atom stereocenters. The average Bonchev–Trinajstić information content (AvgIpc) is 2.76. The number of hydrogen-bond donors (Lipinski definition) is 2. The van der Waals surface area contributed by atoms with Crippen molar-refractivity contribution in [3.05, 3.63) is 44.1 Å². The first-order chi connectivity index (χ1) is 9.33. The molecule has 7 heteroatoms. The zero-order valence-corrected chi connectivity index (χ0v) is 14.3. The van der Waals surface area contributed by atoms with Crippen molar-refractivity contribution in [3.8, 4) is 0 Å². The van der Waals surface area contributed by atoms with Gasteiger partial charge in [0, 0.05) is 26.5 Å². The Kier molecular flexibility index (Phi) is 4.53. The zero-order chi connectivity index (χ0) is 14.9. The van der Waals surface area contributed by atoms with Gasteiger partial charge in [0.1, 0.15) is 4.90 Å². The molecular formula is C13H15BrN2O2S2. The van der Waals surface area contributed by atoms with Gasteiger partial charge in [0.15, 0.2) is 0 Å². The van der Waals surface area contributed by atoms with Crippen LogP contribution < -0.4 is 10.5 Å². The van der Waals surface area contributed by atoms with E-state index in [1.807, 2.05) is 13.0 Å². The summed E-state index contributed by atoms with van der Waals surface area (Å²) in [5.74, 6) is 0. The van der Waals surface area contributed by atoms with Gasteiger partial charge >= 0.3 is 0 Å². The van der Waals surface area contributed by atoms with E-state index in [0.717, 1.165) is 19.8 Å². The molecule has 0 amide bonds. The summed E-state index contributed by atoms with van der Waals surface area (Å²) in [4.78, 5) is 1.89. The Morgan fingerprint density at radius 1 is 1.30 bits per heavy atom. The Balaban J connectivity index is 2.35. The number of thiophene rings is 1. The van der Waals surface area contributed by atoms with E-state index in [1.165, 1.54) is 11.3 Å².